The molecule has 0 atom stereocenters. The first-order chi connectivity index (χ1) is 13.9. The van der Waals surface area contributed by atoms with Crippen LogP contribution in [0.25, 0.3) is 11.3 Å². The zero-order valence-electron chi connectivity index (χ0n) is 15.3. The summed E-state index contributed by atoms with van der Waals surface area (Å²) >= 11 is 1.33. The Morgan fingerprint density at radius 3 is 2.79 bits per heavy atom. The number of primary amides is 1. The Hall–Kier alpha value is -3.79. The van der Waals surface area contributed by atoms with Gasteiger partial charge >= 0.3 is 0 Å². The average molecular weight is 411 g/mol. The summed E-state index contributed by atoms with van der Waals surface area (Å²) in [7, 11) is 0. The van der Waals surface area contributed by atoms with Crippen molar-refractivity contribution < 1.29 is 14.8 Å². The van der Waals surface area contributed by atoms with Gasteiger partial charge in [0.15, 0.2) is 0 Å². The van der Waals surface area contributed by atoms with Crippen LogP contribution >= 0.6 is 11.3 Å². The van der Waals surface area contributed by atoms with E-state index < -0.39 is 10.8 Å². The molecule has 1 aromatic heterocycles. The molecule has 0 aliphatic rings. The van der Waals surface area contributed by atoms with E-state index in [4.69, 9.17) is 5.73 Å². The third kappa shape index (κ3) is 4.22. The number of benzene rings is 2. The molecule has 0 saturated heterocycles. The molecule has 1 amide bonds. The maximum absolute atomic E-state index is 11.6. The molecule has 3 N–H and O–H groups in total. The topological polar surface area (TPSA) is 136 Å². The number of nitro benzene ring substituents is 1. The number of thiazole rings is 1. The molecule has 2 aromatic carbocycles. The number of aromatic nitrogens is 1. The van der Waals surface area contributed by atoms with Crippen LogP contribution < -0.4 is 10.5 Å². The predicted octanol–water partition coefficient (Wildman–Crippen LogP) is 2.73. The molecule has 0 spiro atoms. The number of carbonyl (C=O) groups is 1. The van der Waals surface area contributed by atoms with Crippen LogP contribution in [-0.4, -0.2) is 33.4 Å². The SMILES string of the molecule is CCN=c1scc(-c2ccc(O)c(C(N)=O)c2)n1/N=C/c1ccccc1[N+](=O)[O-]. The lowest BCUT2D eigenvalue weighted by Gasteiger charge is -2.06. The molecule has 0 fully saturated rings. The average Bonchev–Trinajstić information content (AvgIpc) is 3.09. The maximum atomic E-state index is 11.6. The fourth-order valence-electron chi connectivity index (χ4n) is 2.63. The van der Waals surface area contributed by atoms with Gasteiger partial charge in [0.2, 0.25) is 4.80 Å². The monoisotopic (exact) mass is 411 g/mol. The van der Waals surface area contributed by atoms with Gasteiger partial charge in [-0.05, 0) is 31.2 Å². The summed E-state index contributed by atoms with van der Waals surface area (Å²) in [5.74, 6) is -0.974. The van der Waals surface area contributed by atoms with Gasteiger partial charge in [-0.15, -0.1) is 11.3 Å². The largest absolute Gasteiger partial charge is 0.507 e. The van der Waals surface area contributed by atoms with E-state index in [0.29, 0.717) is 28.2 Å². The Labute approximate surface area is 169 Å². The molecule has 0 radical (unpaired) electrons. The molecule has 148 valence electrons. The van der Waals surface area contributed by atoms with Gasteiger partial charge in [0.05, 0.1) is 28.0 Å². The van der Waals surface area contributed by atoms with Crippen molar-refractivity contribution in [2.75, 3.05) is 6.54 Å². The third-order valence-electron chi connectivity index (χ3n) is 3.98. The number of hydrogen-bond acceptors (Lipinski definition) is 7. The highest BCUT2D eigenvalue weighted by Crippen LogP contribution is 2.26. The predicted molar refractivity (Wildman–Crippen MR) is 110 cm³/mol. The molecule has 0 aliphatic carbocycles. The lowest BCUT2D eigenvalue weighted by molar-refractivity contribution is -0.385. The minimum absolute atomic E-state index is 0.0168. The van der Waals surface area contributed by atoms with Crippen molar-refractivity contribution in [2.24, 2.45) is 15.8 Å². The number of phenols is 1. The summed E-state index contributed by atoms with van der Waals surface area (Å²) in [6, 6.07) is 10.7. The van der Waals surface area contributed by atoms with E-state index in [1.54, 1.807) is 29.6 Å². The van der Waals surface area contributed by atoms with Gasteiger partial charge in [-0.25, -0.2) is 4.68 Å². The minimum Gasteiger partial charge on any atom is -0.507 e. The van der Waals surface area contributed by atoms with E-state index in [1.165, 1.54) is 40.4 Å². The summed E-state index contributed by atoms with van der Waals surface area (Å²) in [6.45, 7) is 2.39. The van der Waals surface area contributed by atoms with Crippen LogP contribution in [0.5, 0.6) is 5.75 Å². The lowest BCUT2D eigenvalue weighted by Crippen LogP contribution is -2.13. The summed E-state index contributed by atoms with van der Waals surface area (Å²) in [5.41, 5.74) is 6.76. The number of nitrogens with two attached hydrogens (primary N) is 1. The molecule has 1 heterocycles. The molecule has 9 nitrogen and oxygen atoms in total. The van der Waals surface area contributed by atoms with E-state index in [0.717, 1.165) is 0 Å². The van der Waals surface area contributed by atoms with E-state index in [2.05, 4.69) is 10.1 Å². The first-order valence-electron chi connectivity index (χ1n) is 8.54. The molecule has 0 aliphatic heterocycles. The van der Waals surface area contributed by atoms with Crippen molar-refractivity contribution in [2.45, 2.75) is 6.92 Å². The quantitative estimate of drug-likeness (QED) is 0.366. The van der Waals surface area contributed by atoms with Crippen LogP contribution in [0.1, 0.15) is 22.8 Å². The fourth-order valence-corrected chi connectivity index (χ4v) is 3.53. The number of nitro groups is 1. The van der Waals surface area contributed by atoms with Gasteiger partial charge in [-0.2, -0.15) is 5.10 Å². The van der Waals surface area contributed by atoms with Crippen molar-refractivity contribution in [1.29, 1.82) is 0 Å². The van der Waals surface area contributed by atoms with Crippen molar-refractivity contribution in [1.82, 2.24) is 4.68 Å². The lowest BCUT2D eigenvalue weighted by atomic mass is 10.1. The Balaban J connectivity index is 2.14. The summed E-state index contributed by atoms with van der Waals surface area (Å²) in [6.07, 6.45) is 1.39. The Bertz CT molecular complexity index is 1180. The molecule has 29 heavy (non-hydrogen) atoms. The van der Waals surface area contributed by atoms with Gasteiger partial charge in [0.1, 0.15) is 5.75 Å². The molecule has 3 rings (SSSR count). The number of hydrogen-bond donors (Lipinski definition) is 2. The number of aromatic hydroxyl groups is 1. The van der Waals surface area contributed by atoms with Crippen molar-refractivity contribution in [3.63, 3.8) is 0 Å². The molecule has 0 bridgehead atoms. The molecule has 0 unspecified atom stereocenters. The zero-order chi connectivity index (χ0) is 21.0. The van der Waals surface area contributed by atoms with E-state index in [-0.39, 0.29) is 17.0 Å². The van der Waals surface area contributed by atoms with Crippen LogP contribution in [0.2, 0.25) is 0 Å². The number of rotatable bonds is 6. The van der Waals surface area contributed by atoms with Crippen molar-refractivity contribution in [3.05, 3.63) is 73.9 Å². The van der Waals surface area contributed by atoms with Crippen LogP contribution in [0, 0.1) is 10.1 Å². The van der Waals surface area contributed by atoms with Gasteiger partial charge in [-0.1, -0.05) is 12.1 Å². The van der Waals surface area contributed by atoms with Gasteiger partial charge < -0.3 is 10.8 Å². The number of carbonyl (C=O) groups excluding carboxylic acids is 1. The second-order valence-corrected chi connectivity index (χ2v) is 6.68. The van der Waals surface area contributed by atoms with Crippen LogP contribution in [0.3, 0.4) is 0 Å². The molecular formula is C19H17N5O4S. The first kappa shape index (κ1) is 20.0. The summed E-state index contributed by atoms with van der Waals surface area (Å²) < 4.78 is 1.53. The Morgan fingerprint density at radius 1 is 1.34 bits per heavy atom. The highest BCUT2D eigenvalue weighted by Gasteiger charge is 2.14. The second kappa shape index (κ2) is 8.48. The van der Waals surface area contributed by atoms with E-state index >= 15 is 0 Å². The van der Waals surface area contributed by atoms with Gasteiger partial charge in [-0.3, -0.25) is 19.9 Å². The zero-order valence-corrected chi connectivity index (χ0v) is 16.2. The molecular weight excluding hydrogens is 394 g/mol. The number of nitrogens with zero attached hydrogens (tertiary/aromatic N) is 4. The Kier molecular flexibility index (Phi) is 5.84. The standard InChI is InChI=1S/C19H17N5O4S/c1-2-21-19-23(22-10-13-5-3-4-6-15(13)24(27)28)16(11-29-19)12-7-8-17(25)14(9-12)18(20)26/h3-11,25H,2H2,1H3,(H2,20,26)/b21-19?,22-10+. The smallest absolute Gasteiger partial charge is 0.278 e. The van der Waals surface area contributed by atoms with Crippen molar-refractivity contribution >= 4 is 29.1 Å². The number of amides is 1. The van der Waals surface area contributed by atoms with E-state index in [9.17, 15) is 20.0 Å². The second-order valence-electron chi connectivity index (χ2n) is 5.85. The molecule has 3 aromatic rings. The summed E-state index contributed by atoms with van der Waals surface area (Å²) in [5, 5.41) is 27.2. The van der Waals surface area contributed by atoms with Crippen LogP contribution in [0.4, 0.5) is 5.69 Å². The summed E-state index contributed by atoms with van der Waals surface area (Å²) in [4.78, 5) is 27.3. The van der Waals surface area contributed by atoms with Gasteiger partial charge in [0.25, 0.3) is 11.6 Å². The van der Waals surface area contributed by atoms with Crippen LogP contribution in [-0.2, 0) is 0 Å². The van der Waals surface area contributed by atoms with Gasteiger partial charge in [0, 0.05) is 23.6 Å². The highest BCUT2D eigenvalue weighted by atomic mass is 32.1. The fraction of sp³-hybridized carbons (Fsp3) is 0.105. The van der Waals surface area contributed by atoms with E-state index in [1.807, 2.05) is 6.92 Å². The molecule has 10 heteroatoms. The first-order valence-corrected chi connectivity index (χ1v) is 9.42. The van der Waals surface area contributed by atoms with Crippen LogP contribution in [0.15, 0.2) is 57.9 Å². The highest BCUT2D eigenvalue weighted by molar-refractivity contribution is 7.07. The maximum Gasteiger partial charge on any atom is 0.278 e. The third-order valence-corrected chi connectivity index (χ3v) is 4.84. The minimum atomic E-state index is -0.756. The van der Waals surface area contributed by atoms with Crippen molar-refractivity contribution in [3.8, 4) is 17.0 Å². The Morgan fingerprint density at radius 2 is 2.10 bits per heavy atom. The molecule has 0 saturated carbocycles. The normalized spacial score (nSPS) is 11.8. The number of para-hydroxylation sites is 1.